The Bertz CT molecular complexity index is 1530. The maximum atomic E-state index is 14.1. The van der Waals surface area contributed by atoms with Gasteiger partial charge in [-0.1, -0.05) is 127 Å². The lowest BCUT2D eigenvalue weighted by Gasteiger charge is -2.31. The SMILES string of the molecule is CCC(C)CNC(=O)CC(O)C(CC(C)C)NC(=O)[C@@H](NC(=O)[C@H](Cc1cccc2ccccc12)NC(=O)OCc1ccccc1)C(C)CC. The molecule has 4 unspecified atom stereocenters. The molecule has 0 aliphatic rings. The average molecular weight is 689 g/mol. The van der Waals surface area contributed by atoms with Crippen LogP contribution in [0.5, 0.6) is 0 Å². The van der Waals surface area contributed by atoms with Gasteiger partial charge in [0.2, 0.25) is 17.7 Å². The van der Waals surface area contributed by atoms with E-state index in [1.807, 2.05) is 114 Å². The summed E-state index contributed by atoms with van der Waals surface area (Å²) in [4.78, 5) is 53.6. The summed E-state index contributed by atoms with van der Waals surface area (Å²) in [6.07, 6.45) is 0.0568. The fourth-order valence-corrected chi connectivity index (χ4v) is 5.69. The normalized spacial score (nSPS) is 14.9. The molecule has 0 fully saturated rings. The summed E-state index contributed by atoms with van der Waals surface area (Å²) in [5.41, 5.74) is 1.65. The Kier molecular flexibility index (Phi) is 16.2. The number of amides is 4. The van der Waals surface area contributed by atoms with Gasteiger partial charge in [-0.15, -0.1) is 0 Å². The minimum absolute atomic E-state index is 0.0302. The van der Waals surface area contributed by atoms with E-state index in [-0.39, 0.29) is 37.2 Å². The van der Waals surface area contributed by atoms with Crippen LogP contribution in [-0.4, -0.2) is 59.7 Å². The van der Waals surface area contributed by atoms with Crippen LogP contribution in [0.1, 0.15) is 78.4 Å². The number of aliphatic hydroxyl groups excluding tert-OH is 1. The number of rotatable bonds is 19. The van der Waals surface area contributed by atoms with Gasteiger partial charge in [0.1, 0.15) is 18.7 Å². The molecule has 0 heterocycles. The third kappa shape index (κ3) is 12.8. The molecule has 0 spiro atoms. The molecule has 0 aliphatic carbocycles. The van der Waals surface area contributed by atoms with E-state index in [0.717, 1.165) is 28.3 Å². The van der Waals surface area contributed by atoms with E-state index in [4.69, 9.17) is 4.74 Å². The molecule has 3 rings (SSSR count). The first-order chi connectivity index (χ1) is 23.9. The number of carbonyl (C=O) groups excluding carboxylic acids is 4. The van der Waals surface area contributed by atoms with Gasteiger partial charge in [-0.2, -0.15) is 0 Å². The van der Waals surface area contributed by atoms with Crippen molar-refractivity contribution in [2.45, 2.75) is 104 Å². The van der Waals surface area contributed by atoms with Gasteiger partial charge in [0.15, 0.2) is 0 Å². The molecule has 0 radical (unpaired) electrons. The zero-order valence-corrected chi connectivity index (χ0v) is 30.4. The Labute approximate surface area is 297 Å². The third-order valence-corrected chi connectivity index (χ3v) is 9.18. The highest BCUT2D eigenvalue weighted by Gasteiger charge is 2.33. The maximum Gasteiger partial charge on any atom is 0.408 e. The van der Waals surface area contributed by atoms with Crippen LogP contribution < -0.4 is 21.3 Å². The summed E-state index contributed by atoms with van der Waals surface area (Å²) in [6.45, 7) is 12.4. The van der Waals surface area contributed by atoms with Crippen molar-refractivity contribution in [3.63, 3.8) is 0 Å². The van der Waals surface area contributed by atoms with Gasteiger partial charge in [0, 0.05) is 13.0 Å². The monoisotopic (exact) mass is 688 g/mol. The first-order valence-electron chi connectivity index (χ1n) is 17.9. The lowest BCUT2D eigenvalue weighted by Crippen LogP contribution is -2.58. The molecule has 0 bridgehead atoms. The number of hydrogen-bond acceptors (Lipinski definition) is 6. The molecule has 272 valence electrons. The van der Waals surface area contributed by atoms with Gasteiger partial charge in [0.05, 0.1) is 18.6 Å². The quantitative estimate of drug-likeness (QED) is 0.110. The van der Waals surface area contributed by atoms with Gasteiger partial charge in [-0.05, 0) is 46.1 Å². The van der Waals surface area contributed by atoms with Crippen molar-refractivity contribution >= 4 is 34.6 Å². The van der Waals surface area contributed by atoms with E-state index in [0.29, 0.717) is 25.3 Å². The molecule has 5 N–H and O–H groups in total. The van der Waals surface area contributed by atoms with Crippen molar-refractivity contribution in [3.05, 3.63) is 83.9 Å². The fraction of sp³-hybridized carbons (Fsp3) is 0.500. The second-order valence-corrected chi connectivity index (χ2v) is 13.8. The maximum absolute atomic E-state index is 14.1. The van der Waals surface area contributed by atoms with Crippen molar-refractivity contribution in [3.8, 4) is 0 Å². The Morgan fingerprint density at radius 3 is 2.14 bits per heavy atom. The molecule has 10 heteroatoms. The number of hydrogen-bond donors (Lipinski definition) is 5. The first-order valence-corrected chi connectivity index (χ1v) is 17.9. The third-order valence-electron chi connectivity index (χ3n) is 9.18. The minimum Gasteiger partial charge on any atom is -0.445 e. The van der Waals surface area contributed by atoms with Crippen LogP contribution >= 0.6 is 0 Å². The number of aliphatic hydroxyl groups is 1. The summed E-state index contributed by atoms with van der Waals surface area (Å²) in [5.74, 6) is -1.14. The predicted molar refractivity (Wildman–Crippen MR) is 197 cm³/mol. The summed E-state index contributed by atoms with van der Waals surface area (Å²) in [5, 5.41) is 24.5. The summed E-state index contributed by atoms with van der Waals surface area (Å²) < 4.78 is 5.47. The lowest BCUT2D eigenvalue weighted by molar-refractivity contribution is -0.132. The Morgan fingerprint density at radius 1 is 0.780 bits per heavy atom. The number of benzene rings is 3. The molecule has 0 saturated heterocycles. The van der Waals surface area contributed by atoms with Crippen molar-refractivity contribution in [2.75, 3.05) is 6.54 Å². The molecular weight excluding hydrogens is 632 g/mol. The van der Waals surface area contributed by atoms with Gasteiger partial charge >= 0.3 is 6.09 Å². The molecule has 10 nitrogen and oxygen atoms in total. The molecule has 0 aromatic heterocycles. The van der Waals surface area contributed by atoms with Crippen LogP contribution in [-0.2, 0) is 32.1 Å². The van der Waals surface area contributed by atoms with Crippen LogP contribution in [0, 0.1) is 17.8 Å². The molecule has 3 aromatic rings. The molecule has 50 heavy (non-hydrogen) atoms. The Morgan fingerprint density at radius 2 is 1.46 bits per heavy atom. The number of nitrogens with one attached hydrogen (secondary N) is 4. The predicted octanol–water partition coefficient (Wildman–Crippen LogP) is 5.65. The van der Waals surface area contributed by atoms with Crippen molar-refractivity contribution < 1.29 is 29.0 Å². The summed E-state index contributed by atoms with van der Waals surface area (Å²) in [7, 11) is 0. The first kappa shape index (κ1) is 40.0. The van der Waals surface area contributed by atoms with E-state index < -0.39 is 42.1 Å². The zero-order chi connectivity index (χ0) is 36.6. The van der Waals surface area contributed by atoms with Gasteiger partial charge < -0.3 is 31.1 Å². The van der Waals surface area contributed by atoms with Crippen LogP contribution in [0.2, 0.25) is 0 Å². The Hall–Kier alpha value is -4.44. The van der Waals surface area contributed by atoms with Crippen LogP contribution in [0.4, 0.5) is 4.79 Å². The molecule has 4 amide bonds. The smallest absolute Gasteiger partial charge is 0.408 e. The molecule has 6 atom stereocenters. The number of fused-ring (bicyclic) bond motifs is 1. The summed E-state index contributed by atoms with van der Waals surface area (Å²) >= 11 is 0. The molecular formula is C40H56N4O6. The topological polar surface area (TPSA) is 146 Å². The van der Waals surface area contributed by atoms with Gasteiger partial charge in [0.25, 0.3) is 0 Å². The van der Waals surface area contributed by atoms with Crippen LogP contribution in [0.25, 0.3) is 10.8 Å². The van der Waals surface area contributed by atoms with Crippen molar-refractivity contribution in [1.29, 1.82) is 0 Å². The minimum atomic E-state index is -1.12. The standard InChI is InChI=1S/C40H56N4O6/c1-7-27(5)24-41-36(46)23-35(45)33(21-26(3)4)42-39(48)37(28(6)8-2)44-38(47)34(43-40(49)50-25-29-15-10-9-11-16-29)22-31-19-14-18-30-17-12-13-20-32(30)31/h9-20,26-28,33-35,37,45H,7-8,21-25H2,1-6H3,(H,41,46)(H,42,48)(H,43,49)(H,44,47)/t27?,28?,33?,34-,35?,37-/m0/s1. The number of ether oxygens (including phenoxy) is 1. The number of alkyl carbamates (subject to hydrolysis) is 1. The largest absolute Gasteiger partial charge is 0.445 e. The highest BCUT2D eigenvalue weighted by atomic mass is 16.5. The second kappa shape index (κ2) is 20.3. The van der Waals surface area contributed by atoms with E-state index in [1.54, 1.807) is 0 Å². The van der Waals surface area contributed by atoms with Gasteiger partial charge in [-0.25, -0.2) is 4.79 Å². The Balaban J connectivity index is 1.81. The van der Waals surface area contributed by atoms with Crippen LogP contribution in [0.3, 0.4) is 0 Å². The summed E-state index contributed by atoms with van der Waals surface area (Å²) in [6, 6.07) is 20.1. The molecule has 0 aliphatic heterocycles. The van der Waals surface area contributed by atoms with E-state index in [9.17, 15) is 24.3 Å². The van der Waals surface area contributed by atoms with Gasteiger partial charge in [-0.3, -0.25) is 14.4 Å². The fourth-order valence-electron chi connectivity index (χ4n) is 5.69. The van der Waals surface area contributed by atoms with Crippen molar-refractivity contribution in [1.82, 2.24) is 21.3 Å². The number of carbonyl (C=O) groups is 4. The van der Waals surface area contributed by atoms with Crippen molar-refractivity contribution in [2.24, 2.45) is 17.8 Å². The van der Waals surface area contributed by atoms with E-state index in [1.165, 1.54) is 0 Å². The molecule has 0 saturated carbocycles. The van der Waals surface area contributed by atoms with Crippen LogP contribution in [0.15, 0.2) is 72.8 Å². The zero-order valence-electron chi connectivity index (χ0n) is 30.4. The second-order valence-electron chi connectivity index (χ2n) is 13.8. The highest BCUT2D eigenvalue weighted by molar-refractivity contribution is 5.93. The lowest BCUT2D eigenvalue weighted by atomic mass is 9.93. The molecule has 3 aromatic carbocycles. The van der Waals surface area contributed by atoms with E-state index >= 15 is 0 Å². The van der Waals surface area contributed by atoms with E-state index in [2.05, 4.69) is 21.3 Å². The average Bonchev–Trinajstić information content (AvgIpc) is 3.11. The highest BCUT2D eigenvalue weighted by Crippen LogP contribution is 2.21.